The Hall–Kier alpha value is -1.01. The Morgan fingerprint density at radius 3 is 2.67 bits per heavy atom. The van der Waals surface area contributed by atoms with Crippen molar-refractivity contribution in [3.8, 4) is 0 Å². The summed E-state index contributed by atoms with van der Waals surface area (Å²) in [6.07, 6.45) is 1.33. The predicted octanol–water partition coefficient (Wildman–Crippen LogP) is 3.50. The summed E-state index contributed by atoms with van der Waals surface area (Å²) in [5.74, 6) is -1.36. The molecule has 6 heteroatoms. The smallest absolute Gasteiger partial charge is 0.309 e. The van der Waals surface area contributed by atoms with Gasteiger partial charge in [-0.2, -0.15) is 0 Å². The fourth-order valence-corrected chi connectivity index (χ4v) is 2.90. The highest BCUT2D eigenvalue weighted by Crippen LogP contribution is 2.25. The van der Waals surface area contributed by atoms with Crippen molar-refractivity contribution in [2.24, 2.45) is 5.92 Å². The van der Waals surface area contributed by atoms with Crippen LogP contribution in [0.25, 0.3) is 0 Å². The Kier molecular flexibility index (Phi) is 5.70. The van der Waals surface area contributed by atoms with Gasteiger partial charge in [-0.25, -0.2) is 8.78 Å². The molecule has 1 aromatic carbocycles. The van der Waals surface area contributed by atoms with E-state index in [0.717, 1.165) is 0 Å². The number of halogens is 3. The molecule has 1 aliphatic heterocycles. The van der Waals surface area contributed by atoms with Gasteiger partial charge in [0.25, 0.3) is 0 Å². The maximum atomic E-state index is 13.9. The third-order valence-electron chi connectivity index (χ3n) is 3.73. The summed E-state index contributed by atoms with van der Waals surface area (Å²) in [6.45, 7) is 3.65. The van der Waals surface area contributed by atoms with Gasteiger partial charge >= 0.3 is 5.97 Å². The molecule has 0 spiro atoms. The van der Waals surface area contributed by atoms with Crippen LogP contribution in [0.1, 0.15) is 25.3 Å². The van der Waals surface area contributed by atoms with Crippen molar-refractivity contribution in [1.29, 1.82) is 0 Å². The summed E-state index contributed by atoms with van der Waals surface area (Å²) >= 11 is 3.07. The number of ether oxygens (including phenoxy) is 1. The Balaban J connectivity index is 1.95. The van der Waals surface area contributed by atoms with Crippen molar-refractivity contribution < 1.29 is 18.3 Å². The Labute approximate surface area is 131 Å². The number of piperidine rings is 1. The zero-order chi connectivity index (χ0) is 15.4. The van der Waals surface area contributed by atoms with Gasteiger partial charge in [-0.15, -0.1) is 0 Å². The Morgan fingerprint density at radius 2 is 2.05 bits per heavy atom. The lowest BCUT2D eigenvalue weighted by atomic mass is 9.96. The highest BCUT2D eigenvalue weighted by atomic mass is 79.9. The molecular weight excluding hydrogens is 344 g/mol. The first-order valence-corrected chi connectivity index (χ1v) is 7.83. The number of benzene rings is 1. The van der Waals surface area contributed by atoms with Crippen LogP contribution >= 0.6 is 15.9 Å². The fraction of sp³-hybridized carbons (Fsp3) is 0.533. The molecule has 1 saturated heterocycles. The van der Waals surface area contributed by atoms with Crippen LogP contribution in [0.4, 0.5) is 8.78 Å². The first kappa shape index (κ1) is 16.4. The van der Waals surface area contributed by atoms with E-state index >= 15 is 0 Å². The molecule has 0 aromatic heterocycles. The van der Waals surface area contributed by atoms with Crippen molar-refractivity contribution in [1.82, 2.24) is 4.90 Å². The van der Waals surface area contributed by atoms with Crippen LogP contribution in [-0.4, -0.2) is 30.6 Å². The van der Waals surface area contributed by atoms with Gasteiger partial charge in [-0.05, 0) is 60.9 Å². The van der Waals surface area contributed by atoms with Gasteiger partial charge in [0, 0.05) is 12.1 Å². The van der Waals surface area contributed by atoms with Crippen LogP contribution in [0.5, 0.6) is 0 Å². The molecule has 0 atom stereocenters. The molecular formula is C15H18BrF2NO2. The van der Waals surface area contributed by atoms with Crippen LogP contribution in [0, 0.1) is 17.6 Å². The van der Waals surface area contributed by atoms with Crippen molar-refractivity contribution in [2.45, 2.75) is 26.3 Å². The molecule has 0 radical (unpaired) electrons. The minimum atomic E-state index is -0.553. The van der Waals surface area contributed by atoms with Gasteiger partial charge in [0.2, 0.25) is 0 Å². The molecule has 1 heterocycles. The summed E-state index contributed by atoms with van der Waals surface area (Å²) < 4.78 is 32.9. The quantitative estimate of drug-likeness (QED) is 0.607. The Morgan fingerprint density at radius 1 is 1.38 bits per heavy atom. The molecule has 2 rings (SSSR count). The number of nitrogens with zero attached hydrogens (tertiary/aromatic N) is 1. The maximum Gasteiger partial charge on any atom is 0.309 e. The zero-order valence-electron chi connectivity index (χ0n) is 11.9. The monoisotopic (exact) mass is 361 g/mol. The average molecular weight is 362 g/mol. The SMILES string of the molecule is CCOC(=O)C1CCN(Cc2c(F)ccc(Br)c2F)CC1. The van der Waals surface area contributed by atoms with Crippen molar-refractivity contribution in [3.05, 3.63) is 33.8 Å². The number of likely N-dealkylation sites (tertiary alicyclic amines) is 1. The maximum absolute atomic E-state index is 13.9. The van der Waals surface area contributed by atoms with Gasteiger partial charge in [-0.1, -0.05) is 0 Å². The first-order chi connectivity index (χ1) is 10.0. The molecule has 1 aliphatic rings. The van der Waals surface area contributed by atoms with E-state index in [-0.39, 0.29) is 28.5 Å². The van der Waals surface area contributed by atoms with E-state index in [1.54, 1.807) is 6.92 Å². The summed E-state index contributed by atoms with van der Waals surface area (Å²) in [5.41, 5.74) is 0.0685. The molecule has 0 bridgehead atoms. The van der Waals surface area contributed by atoms with E-state index in [2.05, 4.69) is 15.9 Å². The predicted molar refractivity (Wildman–Crippen MR) is 78.7 cm³/mol. The molecule has 0 unspecified atom stereocenters. The van der Waals surface area contributed by atoms with E-state index < -0.39 is 11.6 Å². The lowest BCUT2D eigenvalue weighted by molar-refractivity contribution is -0.149. The number of hydrogen-bond donors (Lipinski definition) is 0. The largest absolute Gasteiger partial charge is 0.466 e. The van der Waals surface area contributed by atoms with Gasteiger partial charge in [0.1, 0.15) is 11.6 Å². The van der Waals surface area contributed by atoms with Gasteiger partial charge in [0.15, 0.2) is 0 Å². The number of rotatable bonds is 4. The minimum absolute atomic E-state index is 0.0685. The highest BCUT2D eigenvalue weighted by molar-refractivity contribution is 9.10. The van der Waals surface area contributed by atoms with Crippen LogP contribution < -0.4 is 0 Å². The molecule has 0 saturated carbocycles. The highest BCUT2D eigenvalue weighted by Gasteiger charge is 2.27. The normalized spacial score (nSPS) is 17.0. The molecule has 0 N–H and O–H groups in total. The molecule has 0 amide bonds. The van der Waals surface area contributed by atoms with Crippen LogP contribution in [0.2, 0.25) is 0 Å². The molecule has 116 valence electrons. The topological polar surface area (TPSA) is 29.5 Å². The van der Waals surface area contributed by atoms with Crippen LogP contribution in [-0.2, 0) is 16.1 Å². The number of esters is 1. The standard InChI is InChI=1S/C15H18BrF2NO2/c1-2-21-15(20)10-5-7-19(8-6-10)9-11-13(17)4-3-12(16)14(11)18/h3-4,10H,2,5-9H2,1H3. The van der Waals surface area contributed by atoms with Crippen molar-refractivity contribution in [2.75, 3.05) is 19.7 Å². The fourth-order valence-electron chi connectivity index (χ4n) is 2.52. The second kappa shape index (κ2) is 7.31. The molecule has 3 nitrogen and oxygen atoms in total. The second-order valence-electron chi connectivity index (χ2n) is 5.12. The van der Waals surface area contributed by atoms with E-state index in [9.17, 15) is 13.6 Å². The summed E-state index contributed by atoms with van der Waals surface area (Å²) in [4.78, 5) is 13.6. The van der Waals surface area contributed by atoms with Gasteiger partial charge in [0.05, 0.1) is 17.0 Å². The zero-order valence-corrected chi connectivity index (χ0v) is 13.5. The van der Waals surface area contributed by atoms with Crippen molar-refractivity contribution >= 4 is 21.9 Å². The summed E-state index contributed by atoms with van der Waals surface area (Å²) in [5, 5.41) is 0. The molecule has 1 fully saturated rings. The summed E-state index contributed by atoms with van der Waals surface area (Å²) in [7, 11) is 0. The average Bonchev–Trinajstić information content (AvgIpc) is 2.48. The lowest BCUT2D eigenvalue weighted by Crippen LogP contribution is -2.36. The summed E-state index contributed by atoms with van der Waals surface area (Å²) in [6, 6.07) is 2.62. The third kappa shape index (κ3) is 4.01. The van der Waals surface area contributed by atoms with Gasteiger partial charge < -0.3 is 4.74 Å². The molecule has 21 heavy (non-hydrogen) atoms. The second-order valence-corrected chi connectivity index (χ2v) is 5.98. The lowest BCUT2D eigenvalue weighted by Gasteiger charge is -2.31. The number of hydrogen-bond acceptors (Lipinski definition) is 3. The number of carbonyl (C=O) groups is 1. The van der Waals surface area contributed by atoms with Crippen LogP contribution in [0.15, 0.2) is 16.6 Å². The number of carbonyl (C=O) groups excluding carboxylic acids is 1. The third-order valence-corrected chi connectivity index (χ3v) is 4.34. The van der Waals surface area contributed by atoms with E-state index in [1.807, 2.05) is 4.90 Å². The van der Waals surface area contributed by atoms with E-state index in [4.69, 9.17) is 4.74 Å². The molecule has 1 aromatic rings. The minimum Gasteiger partial charge on any atom is -0.466 e. The van der Waals surface area contributed by atoms with E-state index in [0.29, 0.717) is 32.5 Å². The van der Waals surface area contributed by atoms with Crippen molar-refractivity contribution in [3.63, 3.8) is 0 Å². The van der Waals surface area contributed by atoms with Gasteiger partial charge in [-0.3, -0.25) is 9.69 Å². The molecule has 0 aliphatic carbocycles. The van der Waals surface area contributed by atoms with E-state index in [1.165, 1.54) is 12.1 Å². The first-order valence-electron chi connectivity index (χ1n) is 7.04. The van der Waals surface area contributed by atoms with Crippen LogP contribution in [0.3, 0.4) is 0 Å². The Bertz CT molecular complexity index is 517.